The summed E-state index contributed by atoms with van der Waals surface area (Å²) < 4.78 is 9.55. The van der Waals surface area contributed by atoms with Gasteiger partial charge in [-0.2, -0.15) is 0 Å². The molecule has 0 radical (unpaired) electrons. The highest BCUT2D eigenvalue weighted by molar-refractivity contribution is 5.91. The number of methoxy groups -OCH3 is 1. The van der Waals surface area contributed by atoms with Crippen molar-refractivity contribution in [3.63, 3.8) is 0 Å². The Kier molecular flexibility index (Phi) is 3.78. The van der Waals surface area contributed by atoms with Gasteiger partial charge in [0.05, 0.1) is 16.5 Å². The first kappa shape index (κ1) is 11.9. The van der Waals surface area contributed by atoms with Crippen LogP contribution in [0.2, 0.25) is 0 Å². The van der Waals surface area contributed by atoms with Crippen LogP contribution in [0.5, 0.6) is 5.75 Å². The van der Waals surface area contributed by atoms with Crippen LogP contribution < -0.4 is 9.84 Å². The highest BCUT2D eigenvalue weighted by Crippen LogP contribution is 2.23. The van der Waals surface area contributed by atoms with Crippen LogP contribution in [0.25, 0.3) is 0 Å². The number of carbonyl (C=O) groups excluding carboxylic acids is 1. The molecule has 0 aliphatic heterocycles. The van der Waals surface area contributed by atoms with E-state index in [-0.39, 0.29) is 12.5 Å². The highest BCUT2D eigenvalue weighted by Gasteiger charge is 2.15. The van der Waals surface area contributed by atoms with Gasteiger partial charge in [-0.15, -0.1) is 0 Å². The molecule has 0 bridgehead atoms. The molecule has 0 heterocycles. The Labute approximate surface area is 90.4 Å². The Morgan fingerprint density at radius 2 is 2.19 bits per heavy atom. The smallest absolute Gasteiger partial charge is 0.278 e. The van der Waals surface area contributed by atoms with Gasteiger partial charge in [0.15, 0.2) is 6.79 Å². The molecular formula is C9H8NO6-. The summed E-state index contributed by atoms with van der Waals surface area (Å²) in [6.07, 6.45) is 0. The van der Waals surface area contributed by atoms with Gasteiger partial charge < -0.3 is 19.4 Å². The van der Waals surface area contributed by atoms with E-state index in [1.165, 1.54) is 13.2 Å². The molecule has 0 atom stereocenters. The fourth-order valence-corrected chi connectivity index (χ4v) is 1.05. The molecule has 0 saturated heterocycles. The summed E-state index contributed by atoms with van der Waals surface area (Å²) in [5, 5.41) is 21.2. The Morgan fingerprint density at radius 1 is 1.50 bits per heavy atom. The maximum absolute atomic E-state index is 10.6. The minimum atomic E-state index is -1.63. The number of aromatic carboxylic acids is 1. The van der Waals surface area contributed by atoms with Crippen LogP contribution in [0.3, 0.4) is 0 Å². The van der Waals surface area contributed by atoms with E-state index in [2.05, 4.69) is 4.74 Å². The minimum absolute atomic E-state index is 0.0791. The second-order valence-corrected chi connectivity index (χ2v) is 2.77. The van der Waals surface area contributed by atoms with Crippen molar-refractivity contribution in [2.24, 2.45) is 0 Å². The Balaban J connectivity index is 3.07. The van der Waals surface area contributed by atoms with E-state index in [1.54, 1.807) is 0 Å². The van der Waals surface area contributed by atoms with Crippen LogP contribution >= 0.6 is 0 Å². The summed E-state index contributed by atoms with van der Waals surface area (Å²) in [6, 6.07) is 3.34. The molecule has 1 rings (SSSR count). The van der Waals surface area contributed by atoms with Crippen molar-refractivity contribution in [2.75, 3.05) is 13.9 Å². The van der Waals surface area contributed by atoms with Crippen molar-refractivity contribution in [3.8, 4) is 5.75 Å². The maximum Gasteiger partial charge on any atom is 0.278 e. The van der Waals surface area contributed by atoms with E-state index in [9.17, 15) is 20.0 Å². The molecule has 1 aromatic carbocycles. The van der Waals surface area contributed by atoms with Gasteiger partial charge in [-0.1, -0.05) is 0 Å². The minimum Gasteiger partial charge on any atom is -0.545 e. The largest absolute Gasteiger partial charge is 0.545 e. The fraction of sp³-hybridized carbons (Fsp3) is 0.222. The normalized spacial score (nSPS) is 9.81. The number of ether oxygens (including phenoxy) is 2. The number of nitrogens with zero attached hydrogens (tertiary/aromatic N) is 1. The van der Waals surface area contributed by atoms with Crippen molar-refractivity contribution in [2.45, 2.75) is 0 Å². The number of benzene rings is 1. The van der Waals surface area contributed by atoms with E-state index >= 15 is 0 Å². The lowest BCUT2D eigenvalue weighted by atomic mass is 10.2. The first-order chi connectivity index (χ1) is 7.56. The molecule has 7 heteroatoms. The third kappa shape index (κ3) is 2.67. The zero-order valence-electron chi connectivity index (χ0n) is 8.34. The summed E-state index contributed by atoms with van der Waals surface area (Å²) in [6.45, 7) is -0.0791. The number of carbonyl (C=O) groups is 1. The van der Waals surface area contributed by atoms with E-state index in [0.29, 0.717) is 0 Å². The maximum atomic E-state index is 10.6. The summed E-state index contributed by atoms with van der Waals surface area (Å²) in [5.41, 5.74) is -1.07. The van der Waals surface area contributed by atoms with Gasteiger partial charge >= 0.3 is 0 Å². The predicted molar refractivity (Wildman–Crippen MR) is 49.9 cm³/mol. The molecule has 0 aliphatic rings. The monoisotopic (exact) mass is 226 g/mol. The van der Waals surface area contributed by atoms with Gasteiger partial charge in [0, 0.05) is 13.2 Å². The third-order valence-electron chi connectivity index (χ3n) is 1.73. The highest BCUT2D eigenvalue weighted by atomic mass is 16.7. The SMILES string of the molecule is COCOc1ccc([N+](=O)[O-])c(C(=O)[O-])c1. The van der Waals surface area contributed by atoms with Crippen LogP contribution in [-0.2, 0) is 4.74 Å². The number of carboxylic acids is 1. The third-order valence-corrected chi connectivity index (χ3v) is 1.73. The molecule has 1 aromatic rings. The molecule has 0 N–H and O–H groups in total. The van der Waals surface area contributed by atoms with Crippen molar-refractivity contribution < 1.29 is 24.3 Å². The van der Waals surface area contributed by atoms with Gasteiger partial charge in [0.25, 0.3) is 5.69 Å². The number of hydrogen-bond donors (Lipinski definition) is 0. The first-order valence-electron chi connectivity index (χ1n) is 4.17. The predicted octanol–water partition coefficient (Wildman–Crippen LogP) is -0.0590. The number of nitro benzene ring substituents is 1. The fourth-order valence-electron chi connectivity index (χ4n) is 1.05. The average Bonchev–Trinajstić information content (AvgIpc) is 2.25. The molecule has 0 amide bonds. The summed E-state index contributed by atoms with van der Waals surface area (Å²) in [7, 11) is 1.39. The lowest BCUT2D eigenvalue weighted by Crippen LogP contribution is -2.23. The molecule has 0 aromatic heterocycles. The van der Waals surface area contributed by atoms with Crippen LogP contribution in [0.15, 0.2) is 18.2 Å². The van der Waals surface area contributed by atoms with Crippen molar-refractivity contribution >= 4 is 11.7 Å². The average molecular weight is 226 g/mol. The van der Waals surface area contributed by atoms with Crippen molar-refractivity contribution in [3.05, 3.63) is 33.9 Å². The number of hydrogen-bond acceptors (Lipinski definition) is 6. The molecular weight excluding hydrogens is 218 g/mol. The lowest BCUT2D eigenvalue weighted by molar-refractivity contribution is -0.385. The first-order valence-corrected chi connectivity index (χ1v) is 4.17. The molecule has 0 spiro atoms. The summed E-state index contributed by atoms with van der Waals surface area (Å²) in [5.74, 6) is -1.47. The number of carboxylic acid groups (broad SMARTS) is 1. The Morgan fingerprint density at radius 3 is 2.69 bits per heavy atom. The molecule has 7 nitrogen and oxygen atoms in total. The molecule has 16 heavy (non-hydrogen) atoms. The van der Waals surface area contributed by atoms with E-state index in [1.807, 2.05) is 0 Å². The zero-order valence-corrected chi connectivity index (χ0v) is 8.34. The van der Waals surface area contributed by atoms with Crippen LogP contribution in [0, 0.1) is 10.1 Å². The Bertz CT molecular complexity index is 416. The van der Waals surface area contributed by atoms with E-state index < -0.39 is 22.1 Å². The van der Waals surface area contributed by atoms with Gasteiger partial charge in [-0.25, -0.2) is 0 Å². The van der Waals surface area contributed by atoms with Crippen LogP contribution in [-0.4, -0.2) is 24.8 Å². The molecule has 0 aliphatic carbocycles. The quantitative estimate of drug-likeness (QED) is 0.396. The number of rotatable bonds is 5. The summed E-state index contributed by atoms with van der Waals surface area (Å²) >= 11 is 0. The van der Waals surface area contributed by atoms with Gasteiger partial charge in [0.2, 0.25) is 0 Å². The van der Waals surface area contributed by atoms with Crippen molar-refractivity contribution in [1.82, 2.24) is 0 Å². The molecule has 0 unspecified atom stereocenters. The van der Waals surface area contributed by atoms with Crippen LogP contribution in [0.4, 0.5) is 5.69 Å². The molecule has 0 fully saturated rings. The van der Waals surface area contributed by atoms with E-state index in [0.717, 1.165) is 12.1 Å². The van der Waals surface area contributed by atoms with Crippen molar-refractivity contribution in [1.29, 1.82) is 0 Å². The number of nitro groups is 1. The second kappa shape index (κ2) is 5.08. The topological polar surface area (TPSA) is 102 Å². The molecule has 86 valence electrons. The van der Waals surface area contributed by atoms with Gasteiger partial charge in [0.1, 0.15) is 5.75 Å². The van der Waals surface area contributed by atoms with E-state index in [4.69, 9.17) is 4.74 Å². The molecule has 0 saturated carbocycles. The second-order valence-electron chi connectivity index (χ2n) is 2.77. The zero-order chi connectivity index (χ0) is 12.1. The van der Waals surface area contributed by atoms with Gasteiger partial charge in [-0.3, -0.25) is 10.1 Å². The lowest BCUT2D eigenvalue weighted by Gasteiger charge is -2.08. The van der Waals surface area contributed by atoms with Crippen LogP contribution in [0.1, 0.15) is 10.4 Å². The Hall–Kier alpha value is -2.15. The summed E-state index contributed by atoms with van der Waals surface area (Å²) in [4.78, 5) is 20.3. The van der Waals surface area contributed by atoms with Gasteiger partial charge in [-0.05, 0) is 12.1 Å². The standard InChI is InChI=1S/C9H9NO6/c1-15-5-16-6-2-3-8(10(13)14)7(4-6)9(11)12/h2-4H,5H2,1H3,(H,11,12)/p-1.